The number of aliphatic hydroxyl groups is 1. The molecule has 23 heavy (non-hydrogen) atoms. The molecule has 3 heterocycles. The Bertz CT molecular complexity index is 817. The highest BCUT2D eigenvalue weighted by atomic mass is 32.1. The number of aromatic nitrogens is 3. The second-order valence-corrected chi connectivity index (χ2v) is 5.63. The molecule has 6 nitrogen and oxygen atoms in total. The molecule has 0 fully saturated rings. The van der Waals surface area contributed by atoms with Crippen molar-refractivity contribution < 1.29 is 14.3 Å². The quantitative estimate of drug-likeness (QED) is 0.752. The van der Waals surface area contributed by atoms with Crippen LogP contribution in [0.1, 0.15) is 10.4 Å². The number of hydrogen-bond acceptors (Lipinski definition) is 5. The lowest BCUT2D eigenvalue weighted by Gasteiger charge is -2.07. The number of thiophene rings is 1. The van der Waals surface area contributed by atoms with Gasteiger partial charge in [0, 0.05) is 12.3 Å². The second kappa shape index (κ2) is 6.67. The predicted molar refractivity (Wildman–Crippen MR) is 84.8 cm³/mol. The Balaban J connectivity index is 1.88. The van der Waals surface area contributed by atoms with Crippen LogP contribution in [0.5, 0.6) is 0 Å². The van der Waals surface area contributed by atoms with Crippen LogP contribution in [0, 0.1) is 5.82 Å². The van der Waals surface area contributed by atoms with E-state index in [4.69, 9.17) is 5.11 Å². The third-order valence-electron chi connectivity index (χ3n) is 3.07. The van der Waals surface area contributed by atoms with Gasteiger partial charge >= 0.3 is 0 Å². The van der Waals surface area contributed by atoms with Gasteiger partial charge in [0.25, 0.3) is 5.91 Å². The van der Waals surface area contributed by atoms with E-state index in [0.717, 1.165) is 17.1 Å². The Hall–Kier alpha value is -2.58. The average molecular weight is 332 g/mol. The van der Waals surface area contributed by atoms with E-state index < -0.39 is 11.7 Å². The van der Waals surface area contributed by atoms with Crippen LogP contribution in [0.3, 0.4) is 0 Å². The number of pyridine rings is 1. The van der Waals surface area contributed by atoms with Gasteiger partial charge in [0.2, 0.25) is 0 Å². The van der Waals surface area contributed by atoms with Crippen LogP contribution in [-0.2, 0) is 6.54 Å². The minimum absolute atomic E-state index is 0.111. The Kier molecular flexibility index (Phi) is 4.45. The third kappa shape index (κ3) is 3.43. The third-order valence-corrected chi connectivity index (χ3v) is 3.97. The molecule has 0 atom stereocenters. The van der Waals surface area contributed by atoms with Gasteiger partial charge in [0.15, 0.2) is 0 Å². The molecule has 1 amide bonds. The zero-order valence-corrected chi connectivity index (χ0v) is 12.8. The van der Waals surface area contributed by atoms with Crippen molar-refractivity contribution in [3.8, 4) is 10.6 Å². The summed E-state index contributed by atoms with van der Waals surface area (Å²) in [7, 11) is 0. The van der Waals surface area contributed by atoms with Crippen LogP contribution in [0.25, 0.3) is 10.6 Å². The van der Waals surface area contributed by atoms with Crippen LogP contribution in [0.2, 0.25) is 0 Å². The van der Waals surface area contributed by atoms with Gasteiger partial charge in [-0.2, -0.15) is 5.10 Å². The van der Waals surface area contributed by atoms with Gasteiger partial charge < -0.3 is 10.4 Å². The Morgan fingerprint density at radius 1 is 1.39 bits per heavy atom. The maximum Gasteiger partial charge on any atom is 0.258 e. The average Bonchev–Trinajstić information content (AvgIpc) is 3.18. The van der Waals surface area contributed by atoms with Crippen molar-refractivity contribution in [2.75, 3.05) is 11.9 Å². The van der Waals surface area contributed by atoms with E-state index in [1.54, 1.807) is 6.07 Å². The molecule has 0 unspecified atom stereocenters. The number of amides is 1. The molecule has 3 aromatic heterocycles. The molecule has 0 aliphatic carbocycles. The number of nitrogens with zero attached hydrogens (tertiary/aromatic N) is 3. The summed E-state index contributed by atoms with van der Waals surface area (Å²) >= 11 is 1.52. The van der Waals surface area contributed by atoms with Crippen LogP contribution < -0.4 is 5.32 Å². The Morgan fingerprint density at radius 3 is 2.96 bits per heavy atom. The smallest absolute Gasteiger partial charge is 0.258 e. The van der Waals surface area contributed by atoms with Crippen molar-refractivity contribution in [3.05, 3.63) is 53.4 Å². The normalized spacial score (nSPS) is 10.7. The predicted octanol–water partition coefficient (Wildman–Crippen LogP) is 2.39. The number of carbonyl (C=O) groups excluding carboxylic acids is 1. The van der Waals surface area contributed by atoms with Crippen molar-refractivity contribution in [1.29, 1.82) is 0 Å². The first kappa shape index (κ1) is 15.3. The lowest BCUT2D eigenvalue weighted by molar-refractivity contribution is 0.102. The monoisotopic (exact) mass is 332 g/mol. The highest BCUT2D eigenvalue weighted by molar-refractivity contribution is 7.13. The summed E-state index contributed by atoms with van der Waals surface area (Å²) in [6.07, 6.45) is 2.31. The summed E-state index contributed by atoms with van der Waals surface area (Å²) in [6, 6.07) is 6.64. The summed E-state index contributed by atoms with van der Waals surface area (Å²) in [4.78, 5) is 16.8. The number of halogens is 1. The fourth-order valence-corrected chi connectivity index (χ4v) is 2.73. The molecular weight excluding hydrogens is 319 g/mol. The van der Waals surface area contributed by atoms with E-state index in [1.807, 2.05) is 17.5 Å². The lowest BCUT2D eigenvalue weighted by atomic mass is 10.2. The standard InChI is InChI=1S/C15H13FN4O2S/c16-11-6-10(8-17-9-11)15(22)18-14-7-12(13-2-1-5-23-13)19-20(14)3-4-21/h1-2,5-9,21H,3-4H2,(H,18,22). The maximum atomic E-state index is 13.2. The van der Waals surface area contributed by atoms with Gasteiger partial charge in [-0.05, 0) is 17.5 Å². The molecule has 0 saturated carbocycles. The largest absolute Gasteiger partial charge is 0.394 e. The van der Waals surface area contributed by atoms with E-state index in [-0.39, 0.29) is 18.7 Å². The minimum atomic E-state index is -0.583. The van der Waals surface area contributed by atoms with Gasteiger partial charge in [-0.3, -0.25) is 9.78 Å². The number of carbonyl (C=O) groups is 1. The number of hydrogen-bond donors (Lipinski definition) is 2. The zero-order valence-electron chi connectivity index (χ0n) is 11.9. The highest BCUT2D eigenvalue weighted by Gasteiger charge is 2.14. The molecule has 8 heteroatoms. The Morgan fingerprint density at radius 2 is 2.26 bits per heavy atom. The summed E-state index contributed by atoms with van der Waals surface area (Å²) in [5.74, 6) is -0.647. The molecule has 2 N–H and O–H groups in total. The van der Waals surface area contributed by atoms with Gasteiger partial charge in [-0.1, -0.05) is 6.07 Å². The van der Waals surface area contributed by atoms with Gasteiger partial charge in [0.05, 0.1) is 29.8 Å². The van der Waals surface area contributed by atoms with E-state index >= 15 is 0 Å². The van der Waals surface area contributed by atoms with Crippen LogP contribution in [-0.4, -0.2) is 32.4 Å². The molecule has 0 radical (unpaired) electrons. The molecule has 0 aliphatic rings. The van der Waals surface area contributed by atoms with Gasteiger partial charge in [-0.15, -0.1) is 11.3 Å². The molecule has 0 aliphatic heterocycles. The summed E-state index contributed by atoms with van der Waals surface area (Å²) in [6.45, 7) is 0.123. The van der Waals surface area contributed by atoms with E-state index in [9.17, 15) is 9.18 Å². The first-order valence-electron chi connectivity index (χ1n) is 6.82. The van der Waals surface area contributed by atoms with E-state index in [1.165, 1.54) is 22.2 Å². The number of rotatable bonds is 5. The second-order valence-electron chi connectivity index (χ2n) is 4.68. The van der Waals surface area contributed by atoms with E-state index in [0.29, 0.717) is 11.5 Å². The van der Waals surface area contributed by atoms with E-state index in [2.05, 4.69) is 15.4 Å². The molecular formula is C15H13FN4O2S. The van der Waals surface area contributed by atoms with Crippen molar-refractivity contribution in [1.82, 2.24) is 14.8 Å². The molecule has 3 aromatic rings. The zero-order chi connectivity index (χ0) is 16.2. The van der Waals surface area contributed by atoms with Crippen LogP contribution in [0.4, 0.5) is 10.2 Å². The fourth-order valence-electron chi connectivity index (χ4n) is 2.05. The summed E-state index contributed by atoms with van der Waals surface area (Å²) < 4.78 is 14.7. The molecule has 3 rings (SSSR count). The highest BCUT2D eigenvalue weighted by Crippen LogP contribution is 2.26. The Labute approximate surface area is 135 Å². The molecule has 118 valence electrons. The van der Waals surface area contributed by atoms with Crippen molar-refractivity contribution in [3.63, 3.8) is 0 Å². The summed E-state index contributed by atoms with van der Waals surface area (Å²) in [5, 5.41) is 18.1. The first-order chi connectivity index (χ1) is 11.2. The topological polar surface area (TPSA) is 80.0 Å². The van der Waals surface area contributed by atoms with Crippen molar-refractivity contribution in [2.45, 2.75) is 6.54 Å². The number of aliphatic hydroxyl groups excluding tert-OH is 1. The van der Waals surface area contributed by atoms with Crippen LogP contribution >= 0.6 is 11.3 Å². The molecule has 0 bridgehead atoms. The molecule has 0 spiro atoms. The maximum absolute atomic E-state index is 13.2. The first-order valence-corrected chi connectivity index (χ1v) is 7.70. The number of anilines is 1. The summed E-state index contributed by atoms with van der Waals surface area (Å²) in [5.41, 5.74) is 0.806. The minimum Gasteiger partial charge on any atom is -0.394 e. The SMILES string of the molecule is O=C(Nc1cc(-c2cccs2)nn1CCO)c1cncc(F)c1. The number of nitrogens with one attached hydrogen (secondary N) is 1. The molecule has 0 saturated heterocycles. The fraction of sp³-hybridized carbons (Fsp3) is 0.133. The lowest BCUT2D eigenvalue weighted by Crippen LogP contribution is -2.17. The molecule has 0 aromatic carbocycles. The van der Waals surface area contributed by atoms with Gasteiger partial charge in [0.1, 0.15) is 17.3 Å². The van der Waals surface area contributed by atoms with Crippen molar-refractivity contribution >= 4 is 23.1 Å². The van der Waals surface area contributed by atoms with Crippen LogP contribution in [0.15, 0.2) is 42.0 Å². The van der Waals surface area contributed by atoms with Gasteiger partial charge in [-0.25, -0.2) is 9.07 Å². The van der Waals surface area contributed by atoms with Crippen molar-refractivity contribution in [2.24, 2.45) is 0 Å².